The van der Waals surface area contributed by atoms with Crippen molar-refractivity contribution >= 4 is 0 Å². The normalized spacial score (nSPS) is 33.8. The van der Waals surface area contributed by atoms with Crippen LogP contribution in [0.3, 0.4) is 0 Å². The molecule has 0 heterocycles. The van der Waals surface area contributed by atoms with E-state index < -0.39 is 0 Å². The molecule has 1 saturated carbocycles. The van der Waals surface area contributed by atoms with E-state index in [2.05, 4.69) is 26.1 Å². The molecule has 3 heteroatoms. The molecular formula is C13H28N2O. The first kappa shape index (κ1) is 13.9. The van der Waals surface area contributed by atoms with Gasteiger partial charge in [-0.15, -0.1) is 0 Å². The highest BCUT2D eigenvalue weighted by Gasteiger charge is 2.50. The number of nitrogens with one attached hydrogen (secondary N) is 1. The van der Waals surface area contributed by atoms with Gasteiger partial charge in [-0.05, 0) is 45.7 Å². The smallest absolute Gasteiger partial charge is 0.0658 e. The maximum atomic E-state index is 5.78. The summed E-state index contributed by atoms with van der Waals surface area (Å²) >= 11 is 0. The molecule has 1 rings (SSSR count). The van der Waals surface area contributed by atoms with Crippen LogP contribution in [0.4, 0.5) is 0 Å². The van der Waals surface area contributed by atoms with Crippen molar-refractivity contribution < 1.29 is 4.74 Å². The van der Waals surface area contributed by atoms with Crippen LogP contribution in [0.25, 0.3) is 0 Å². The van der Waals surface area contributed by atoms with Crippen LogP contribution in [-0.2, 0) is 4.74 Å². The summed E-state index contributed by atoms with van der Waals surface area (Å²) in [6.07, 6.45) is 5.12. The van der Waals surface area contributed by atoms with Crippen molar-refractivity contribution in [3.63, 3.8) is 0 Å². The number of unbranched alkanes of at least 4 members (excludes halogenated alkanes) is 1. The lowest BCUT2D eigenvalue weighted by molar-refractivity contribution is -0.125. The summed E-state index contributed by atoms with van der Waals surface area (Å²) in [5, 5.41) is 3.65. The lowest BCUT2D eigenvalue weighted by Crippen LogP contribution is -2.62. The summed E-state index contributed by atoms with van der Waals surface area (Å²) in [5.41, 5.74) is 5.82. The fourth-order valence-corrected chi connectivity index (χ4v) is 2.61. The zero-order valence-electron chi connectivity index (χ0n) is 11.1. The molecule has 0 aromatic heterocycles. The number of hydrogen-bond acceptors (Lipinski definition) is 3. The zero-order valence-corrected chi connectivity index (χ0v) is 11.1. The van der Waals surface area contributed by atoms with Crippen LogP contribution in [-0.4, -0.2) is 31.8 Å². The molecule has 0 radical (unpaired) electrons. The molecular weight excluding hydrogens is 200 g/mol. The fraction of sp³-hybridized carbons (Fsp3) is 1.00. The highest BCUT2D eigenvalue weighted by atomic mass is 16.5. The summed E-state index contributed by atoms with van der Waals surface area (Å²) in [5.74, 6) is 0. The van der Waals surface area contributed by atoms with E-state index >= 15 is 0 Å². The van der Waals surface area contributed by atoms with E-state index in [9.17, 15) is 0 Å². The summed E-state index contributed by atoms with van der Waals surface area (Å²) in [6, 6.07) is 0.631. The van der Waals surface area contributed by atoms with Gasteiger partial charge in [-0.3, -0.25) is 0 Å². The Balaban J connectivity index is 2.28. The second-order valence-electron chi connectivity index (χ2n) is 5.04. The molecule has 0 aromatic rings. The second kappa shape index (κ2) is 6.58. The minimum atomic E-state index is 0.332. The molecule has 0 saturated heterocycles. The van der Waals surface area contributed by atoms with Crippen molar-refractivity contribution in [3.8, 4) is 0 Å². The lowest BCUT2D eigenvalue weighted by atomic mass is 9.61. The van der Waals surface area contributed by atoms with Crippen molar-refractivity contribution in [2.45, 2.75) is 58.6 Å². The van der Waals surface area contributed by atoms with Crippen LogP contribution in [0.2, 0.25) is 0 Å². The van der Waals surface area contributed by atoms with Gasteiger partial charge >= 0.3 is 0 Å². The summed E-state index contributed by atoms with van der Waals surface area (Å²) in [6.45, 7) is 9.42. The number of ether oxygens (including phenoxy) is 1. The Bertz CT molecular complexity index is 198. The molecule has 3 N–H and O–H groups in total. The standard InChI is InChI=1S/C13H28N2O/c1-4-13(3)11(10-12(13)16-5-2)15-9-7-6-8-14/h11-12,15H,4-10,14H2,1-3H3. The maximum Gasteiger partial charge on any atom is 0.0658 e. The third-order valence-corrected chi connectivity index (χ3v) is 4.13. The molecule has 3 nitrogen and oxygen atoms in total. The van der Waals surface area contributed by atoms with Crippen LogP contribution in [0, 0.1) is 5.41 Å². The minimum Gasteiger partial charge on any atom is -0.378 e. The van der Waals surface area contributed by atoms with Gasteiger partial charge in [0, 0.05) is 18.1 Å². The molecule has 3 unspecified atom stereocenters. The number of rotatable bonds is 8. The van der Waals surface area contributed by atoms with Crippen LogP contribution in [0.5, 0.6) is 0 Å². The SMILES string of the molecule is CCOC1CC(NCCCCN)C1(C)CC. The Morgan fingerprint density at radius 2 is 2.12 bits per heavy atom. The first-order chi connectivity index (χ1) is 7.69. The van der Waals surface area contributed by atoms with Gasteiger partial charge in [0.2, 0.25) is 0 Å². The highest BCUT2D eigenvalue weighted by molar-refractivity contribution is 5.04. The Morgan fingerprint density at radius 3 is 2.69 bits per heavy atom. The molecule has 3 atom stereocenters. The summed E-state index contributed by atoms with van der Waals surface area (Å²) in [7, 11) is 0. The third kappa shape index (κ3) is 2.96. The van der Waals surface area contributed by atoms with Gasteiger partial charge in [0.1, 0.15) is 0 Å². The van der Waals surface area contributed by atoms with Crippen LogP contribution in [0.1, 0.15) is 46.5 Å². The zero-order chi connectivity index (χ0) is 12.0. The van der Waals surface area contributed by atoms with Crippen molar-refractivity contribution in [3.05, 3.63) is 0 Å². The molecule has 1 aliphatic carbocycles. The van der Waals surface area contributed by atoms with Gasteiger partial charge in [0.25, 0.3) is 0 Å². The van der Waals surface area contributed by atoms with Gasteiger partial charge in [0.15, 0.2) is 0 Å². The molecule has 96 valence electrons. The number of nitrogens with two attached hydrogens (primary N) is 1. The molecule has 1 fully saturated rings. The van der Waals surface area contributed by atoms with Crippen molar-refractivity contribution in [1.82, 2.24) is 5.32 Å². The Morgan fingerprint density at radius 1 is 1.38 bits per heavy atom. The van der Waals surface area contributed by atoms with Crippen LogP contribution in [0.15, 0.2) is 0 Å². The van der Waals surface area contributed by atoms with E-state index in [1.54, 1.807) is 0 Å². The van der Waals surface area contributed by atoms with Crippen molar-refractivity contribution in [1.29, 1.82) is 0 Å². The summed E-state index contributed by atoms with van der Waals surface area (Å²) in [4.78, 5) is 0. The molecule has 0 bridgehead atoms. The van der Waals surface area contributed by atoms with Gasteiger partial charge < -0.3 is 15.8 Å². The molecule has 0 aliphatic heterocycles. The minimum absolute atomic E-state index is 0.332. The molecule has 16 heavy (non-hydrogen) atoms. The van der Waals surface area contributed by atoms with Gasteiger partial charge in [-0.2, -0.15) is 0 Å². The Kier molecular flexibility index (Phi) is 5.73. The maximum absolute atomic E-state index is 5.78. The monoisotopic (exact) mass is 228 g/mol. The Hall–Kier alpha value is -0.120. The average Bonchev–Trinajstić information content (AvgIpc) is 2.30. The van der Waals surface area contributed by atoms with E-state index in [4.69, 9.17) is 10.5 Å². The largest absolute Gasteiger partial charge is 0.378 e. The van der Waals surface area contributed by atoms with Gasteiger partial charge in [-0.25, -0.2) is 0 Å². The van der Waals surface area contributed by atoms with Crippen molar-refractivity contribution in [2.24, 2.45) is 11.1 Å². The predicted molar refractivity (Wildman–Crippen MR) is 68.5 cm³/mol. The van der Waals surface area contributed by atoms with Gasteiger partial charge in [0.05, 0.1) is 6.10 Å². The molecule has 0 aromatic carbocycles. The molecule has 0 spiro atoms. The summed E-state index contributed by atoms with van der Waals surface area (Å²) < 4.78 is 5.78. The van der Waals surface area contributed by atoms with E-state index in [-0.39, 0.29) is 0 Å². The third-order valence-electron chi connectivity index (χ3n) is 4.13. The van der Waals surface area contributed by atoms with E-state index in [0.717, 1.165) is 26.1 Å². The first-order valence-electron chi connectivity index (χ1n) is 6.74. The average molecular weight is 228 g/mol. The van der Waals surface area contributed by atoms with E-state index in [1.807, 2.05) is 0 Å². The highest BCUT2D eigenvalue weighted by Crippen LogP contribution is 2.45. The fourth-order valence-electron chi connectivity index (χ4n) is 2.61. The topological polar surface area (TPSA) is 47.3 Å². The Labute approximate surface area is 100 Å². The lowest BCUT2D eigenvalue weighted by Gasteiger charge is -2.53. The second-order valence-corrected chi connectivity index (χ2v) is 5.04. The predicted octanol–water partition coefficient (Wildman–Crippen LogP) is 1.91. The molecule has 1 aliphatic rings. The van der Waals surface area contributed by atoms with E-state index in [0.29, 0.717) is 17.6 Å². The number of hydrogen-bond donors (Lipinski definition) is 2. The first-order valence-corrected chi connectivity index (χ1v) is 6.74. The van der Waals surface area contributed by atoms with E-state index in [1.165, 1.54) is 19.3 Å². The van der Waals surface area contributed by atoms with Gasteiger partial charge in [-0.1, -0.05) is 13.8 Å². The van der Waals surface area contributed by atoms with Crippen LogP contribution < -0.4 is 11.1 Å². The quantitative estimate of drug-likeness (QED) is 0.624. The van der Waals surface area contributed by atoms with Crippen molar-refractivity contribution in [2.75, 3.05) is 19.7 Å². The molecule has 0 amide bonds. The van der Waals surface area contributed by atoms with Crippen LogP contribution >= 0.6 is 0 Å².